The fourth-order valence-corrected chi connectivity index (χ4v) is 2.50. The van der Waals surface area contributed by atoms with Gasteiger partial charge in [-0.3, -0.25) is 5.32 Å². The molecule has 1 aromatic rings. The number of hydrogen-bond acceptors (Lipinski definition) is 3. The fraction of sp³-hybridized carbons (Fsp3) is 0.500. The van der Waals surface area contributed by atoms with Gasteiger partial charge in [0.15, 0.2) is 0 Å². The first-order valence-corrected chi connectivity index (χ1v) is 6.48. The van der Waals surface area contributed by atoms with Crippen molar-refractivity contribution in [1.29, 1.82) is 0 Å². The molecule has 2 rings (SSSR count). The summed E-state index contributed by atoms with van der Waals surface area (Å²) in [5.41, 5.74) is 6.45. The van der Waals surface area contributed by atoms with E-state index in [2.05, 4.69) is 5.32 Å². The maximum atomic E-state index is 11.6. The van der Waals surface area contributed by atoms with Gasteiger partial charge in [-0.15, -0.1) is 0 Å². The van der Waals surface area contributed by atoms with Gasteiger partial charge in [0.2, 0.25) is 0 Å². The maximum Gasteiger partial charge on any atom is 0.411 e. The molecule has 1 amide bonds. The predicted molar refractivity (Wildman–Crippen MR) is 71.3 cm³/mol. The van der Waals surface area contributed by atoms with E-state index in [4.69, 9.17) is 10.5 Å². The highest BCUT2D eigenvalue weighted by molar-refractivity contribution is 5.84. The maximum absolute atomic E-state index is 11.6. The van der Waals surface area contributed by atoms with Crippen LogP contribution in [-0.4, -0.2) is 19.2 Å². The second-order valence-corrected chi connectivity index (χ2v) is 4.78. The van der Waals surface area contributed by atoms with E-state index in [1.165, 1.54) is 6.42 Å². The highest BCUT2D eigenvalue weighted by Crippen LogP contribution is 2.30. The average molecular weight is 248 g/mol. The van der Waals surface area contributed by atoms with Crippen LogP contribution in [0.2, 0.25) is 0 Å². The minimum absolute atomic E-state index is 0.385. The number of nitrogens with two attached hydrogens (primary N) is 1. The van der Waals surface area contributed by atoms with Gasteiger partial charge in [0.05, 0.1) is 6.61 Å². The number of rotatable bonds is 4. The third-order valence-electron chi connectivity index (χ3n) is 3.57. The van der Waals surface area contributed by atoms with Gasteiger partial charge in [0, 0.05) is 5.69 Å². The third-order valence-corrected chi connectivity index (χ3v) is 3.57. The smallest absolute Gasteiger partial charge is 0.411 e. The van der Waals surface area contributed by atoms with Crippen molar-refractivity contribution in [3.8, 4) is 0 Å². The Morgan fingerprint density at radius 2 is 2.00 bits per heavy atom. The SMILES string of the molecule is NCC1CCCC1COC(=O)Nc1ccccc1. The monoisotopic (exact) mass is 248 g/mol. The Bertz CT molecular complexity index is 381. The van der Waals surface area contributed by atoms with E-state index in [-0.39, 0.29) is 6.09 Å². The molecule has 1 aromatic carbocycles. The number of ether oxygens (including phenoxy) is 1. The molecule has 98 valence electrons. The van der Waals surface area contributed by atoms with E-state index in [0.717, 1.165) is 18.5 Å². The van der Waals surface area contributed by atoms with E-state index in [0.29, 0.717) is 25.0 Å². The predicted octanol–water partition coefficient (Wildman–Crippen LogP) is 2.61. The lowest BCUT2D eigenvalue weighted by atomic mass is 9.97. The van der Waals surface area contributed by atoms with Gasteiger partial charge >= 0.3 is 6.09 Å². The molecule has 0 heterocycles. The van der Waals surface area contributed by atoms with Crippen molar-refractivity contribution >= 4 is 11.8 Å². The molecule has 0 aromatic heterocycles. The molecule has 0 aliphatic heterocycles. The number of para-hydroxylation sites is 1. The summed E-state index contributed by atoms with van der Waals surface area (Å²) in [6, 6.07) is 9.31. The molecule has 0 bridgehead atoms. The molecular formula is C14H20N2O2. The molecule has 1 saturated carbocycles. The van der Waals surface area contributed by atoms with Crippen molar-refractivity contribution < 1.29 is 9.53 Å². The first-order valence-electron chi connectivity index (χ1n) is 6.48. The summed E-state index contributed by atoms with van der Waals surface area (Å²) < 4.78 is 5.26. The van der Waals surface area contributed by atoms with Crippen LogP contribution in [0.5, 0.6) is 0 Å². The molecule has 1 fully saturated rings. The lowest BCUT2D eigenvalue weighted by Gasteiger charge is -2.17. The standard InChI is InChI=1S/C14H20N2O2/c15-9-11-5-4-6-12(11)10-18-14(17)16-13-7-2-1-3-8-13/h1-3,7-8,11-12H,4-6,9-10,15H2,(H,16,17). The zero-order valence-electron chi connectivity index (χ0n) is 10.5. The van der Waals surface area contributed by atoms with E-state index in [9.17, 15) is 4.79 Å². The molecule has 4 nitrogen and oxygen atoms in total. The van der Waals surface area contributed by atoms with E-state index < -0.39 is 0 Å². The van der Waals surface area contributed by atoms with Gasteiger partial charge < -0.3 is 10.5 Å². The van der Waals surface area contributed by atoms with Gasteiger partial charge in [-0.05, 0) is 43.4 Å². The minimum Gasteiger partial charge on any atom is -0.449 e. The summed E-state index contributed by atoms with van der Waals surface area (Å²) in [4.78, 5) is 11.6. The van der Waals surface area contributed by atoms with Crippen LogP contribution in [0.25, 0.3) is 0 Å². The summed E-state index contributed by atoms with van der Waals surface area (Å²) in [6.07, 6.45) is 3.07. The van der Waals surface area contributed by atoms with Crippen molar-refractivity contribution in [3.63, 3.8) is 0 Å². The number of benzene rings is 1. The first kappa shape index (κ1) is 12.9. The number of nitrogens with one attached hydrogen (secondary N) is 1. The molecular weight excluding hydrogens is 228 g/mol. The molecule has 2 unspecified atom stereocenters. The highest BCUT2D eigenvalue weighted by atomic mass is 16.5. The number of hydrogen-bond donors (Lipinski definition) is 2. The quantitative estimate of drug-likeness (QED) is 0.860. The molecule has 18 heavy (non-hydrogen) atoms. The van der Waals surface area contributed by atoms with E-state index in [1.807, 2.05) is 30.3 Å². The van der Waals surface area contributed by atoms with E-state index in [1.54, 1.807) is 0 Å². The van der Waals surface area contributed by atoms with Crippen LogP contribution >= 0.6 is 0 Å². The molecule has 0 saturated heterocycles. The zero-order valence-corrected chi connectivity index (χ0v) is 10.5. The minimum atomic E-state index is -0.385. The Kier molecular flexibility index (Phi) is 4.59. The Morgan fingerprint density at radius 1 is 1.28 bits per heavy atom. The Hall–Kier alpha value is -1.55. The van der Waals surface area contributed by atoms with Crippen LogP contribution in [0.3, 0.4) is 0 Å². The normalized spacial score (nSPS) is 22.7. The van der Waals surface area contributed by atoms with Gasteiger partial charge in [-0.1, -0.05) is 24.6 Å². The van der Waals surface area contributed by atoms with Crippen LogP contribution in [-0.2, 0) is 4.74 Å². The lowest BCUT2D eigenvalue weighted by Crippen LogP contribution is -2.25. The van der Waals surface area contributed by atoms with Crippen molar-refractivity contribution in [3.05, 3.63) is 30.3 Å². The summed E-state index contributed by atoms with van der Waals surface area (Å²) in [5.74, 6) is 0.936. The Morgan fingerprint density at radius 3 is 2.72 bits per heavy atom. The molecule has 4 heteroatoms. The second kappa shape index (κ2) is 6.40. The van der Waals surface area contributed by atoms with Crippen LogP contribution in [0, 0.1) is 11.8 Å². The summed E-state index contributed by atoms with van der Waals surface area (Å²) in [7, 11) is 0. The molecule has 3 N–H and O–H groups in total. The Balaban J connectivity index is 1.75. The lowest BCUT2D eigenvalue weighted by molar-refractivity contribution is 0.130. The van der Waals surface area contributed by atoms with Gasteiger partial charge in [0.1, 0.15) is 0 Å². The molecule has 0 spiro atoms. The molecule has 0 radical (unpaired) electrons. The molecule has 1 aliphatic carbocycles. The summed E-state index contributed by atoms with van der Waals surface area (Å²) in [5, 5.41) is 2.71. The van der Waals surface area contributed by atoms with Gasteiger partial charge in [-0.25, -0.2) is 4.79 Å². The van der Waals surface area contributed by atoms with E-state index >= 15 is 0 Å². The molecule has 2 atom stereocenters. The van der Waals surface area contributed by atoms with Gasteiger partial charge in [0.25, 0.3) is 0 Å². The number of carbonyl (C=O) groups is 1. The number of amides is 1. The summed E-state index contributed by atoms with van der Waals surface area (Å²) in [6.45, 7) is 1.16. The third kappa shape index (κ3) is 3.47. The van der Waals surface area contributed by atoms with Crippen LogP contribution in [0.15, 0.2) is 30.3 Å². The first-order chi connectivity index (χ1) is 8.79. The molecule has 1 aliphatic rings. The van der Waals surface area contributed by atoms with Crippen molar-refractivity contribution in [2.45, 2.75) is 19.3 Å². The summed E-state index contributed by atoms with van der Waals surface area (Å²) >= 11 is 0. The van der Waals surface area contributed by atoms with Crippen LogP contribution < -0.4 is 11.1 Å². The largest absolute Gasteiger partial charge is 0.449 e. The van der Waals surface area contributed by atoms with Gasteiger partial charge in [-0.2, -0.15) is 0 Å². The van der Waals surface area contributed by atoms with Crippen molar-refractivity contribution in [2.24, 2.45) is 17.6 Å². The Labute approximate surface area is 108 Å². The second-order valence-electron chi connectivity index (χ2n) is 4.78. The number of anilines is 1. The number of carbonyl (C=O) groups excluding carboxylic acids is 1. The topological polar surface area (TPSA) is 64.3 Å². The van der Waals surface area contributed by atoms with Crippen molar-refractivity contribution in [2.75, 3.05) is 18.5 Å². The fourth-order valence-electron chi connectivity index (χ4n) is 2.50. The van der Waals surface area contributed by atoms with Crippen molar-refractivity contribution in [1.82, 2.24) is 0 Å². The zero-order chi connectivity index (χ0) is 12.8. The average Bonchev–Trinajstić information content (AvgIpc) is 2.85. The van der Waals surface area contributed by atoms with Crippen LogP contribution in [0.4, 0.5) is 10.5 Å². The highest BCUT2D eigenvalue weighted by Gasteiger charge is 2.27. The van der Waals surface area contributed by atoms with Crippen LogP contribution in [0.1, 0.15) is 19.3 Å².